The molecule has 1 saturated heterocycles. The Hall–Kier alpha value is -3.00. The fourth-order valence-corrected chi connectivity index (χ4v) is 5.81. The predicted molar refractivity (Wildman–Crippen MR) is 138 cm³/mol. The monoisotopic (exact) mass is 497 g/mol. The van der Waals surface area contributed by atoms with Gasteiger partial charge in [-0.25, -0.2) is 4.39 Å². The molecule has 4 rings (SSSR count). The van der Waals surface area contributed by atoms with Crippen LogP contribution in [0.15, 0.2) is 35.9 Å². The Morgan fingerprint density at radius 3 is 2.47 bits per heavy atom. The molecule has 2 amide bonds. The van der Waals surface area contributed by atoms with E-state index < -0.39 is 17.4 Å². The number of nitrogens with one attached hydrogen (secondary N) is 3. The Morgan fingerprint density at radius 1 is 1.17 bits per heavy atom. The molecule has 1 aliphatic heterocycles. The van der Waals surface area contributed by atoms with Gasteiger partial charge in [0.05, 0.1) is 17.3 Å². The summed E-state index contributed by atoms with van der Waals surface area (Å²) in [5.41, 5.74) is 1.33. The number of halogens is 1. The molecular formula is C28H36FN3O4. The van der Waals surface area contributed by atoms with Crippen LogP contribution in [-0.2, 0) is 19.7 Å². The van der Waals surface area contributed by atoms with Gasteiger partial charge in [-0.05, 0) is 67.9 Å². The molecule has 4 N–H and O–H groups in total. The Kier molecular flexibility index (Phi) is 8.24. The minimum Gasteiger partial charge on any atom is -0.515 e. The first-order chi connectivity index (χ1) is 17.4. The molecule has 0 radical (unpaired) electrons. The van der Waals surface area contributed by atoms with Crippen LogP contribution in [-0.4, -0.2) is 41.9 Å². The third-order valence-corrected chi connectivity index (χ3v) is 7.89. The Bertz CT molecular complexity index is 1070. The van der Waals surface area contributed by atoms with Crippen molar-refractivity contribution in [2.75, 3.05) is 18.5 Å². The smallest absolute Gasteiger partial charge is 0.256 e. The maximum absolute atomic E-state index is 15.0. The summed E-state index contributed by atoms with van der Waals surface area (Å²) in [4.78, 5) is 26.3. The van der Waals surface area contributed by atoms with Gasteiger partial charge >= 0.3 is 0 Å². The minimum atomic E-state index is -0.813. The van der Waals surface area contributed by atoms with E-state index in [4.69, 9.17) is 10.1 Å². The zero-order valence-electron chi connectivity index (χ0n) is 20.9. The van der Waals surface area contributed by atoms with Crippen LogP contribution in [0.1, 0.15) is 75.8 Å². The molecule has 1 unspecified atom stereocenters. The number of hydrogen-bond donors (Lipinski definition) is 4. The van der Waals surface area contributed by atoms with Crippen molar-refractivity contribution in [3.63, 3.8) is 0 Å². The van der Waals surface area contributed by atoms with Crippen molar-refractivity contribution in [2.24, 2.45) is 5.92 Å². The number of aliphatic hydroxyl groups is 1. The van der Waals surface area contributed by atoms with Gasteiger partial charge in [-0.15, -0.1) is 0 Å². The van der Waals surface area contributed by atoms with Gasteiger partial charge in [0, 0.05) is 24.6 Å². The lowest BCUT2D eigenvalue weighted by Gasteiger charge is -2.34. The van der Waals surface area contributed by atoms with E-state index in [1.165, 1.54) is 13.3 Å². The van der Waals surface area contributed by atoms with Crippen LogP contribution in [0.25, 0.3) is 6.08 Å². The van der Waals surface area contributed by atoms with E-state index in [2.05, 4.69) is 10.6 Å². The van der Waals surface area contributed by atoms with Crippen LogP contribution in [0.2, 0.25) is 0 Å². The largest absolute Gasteiger partial charge is 0.515 e. The maximum Gasteiger partial charge on any atom is 0.256 e. The summed E-state index contributed by atoms with van der Waals surface area (Å²) < 4.78 is 20.5. The summed E-state index contributed by atoms with van der Waals surface area (Å²) in [6, 6.07) is 4.65. The molecule has 1 heterocycles. The number of anilines is 1. The van der Waals surface area contributed by atoms with E-state index in [0.29, 0.717) is 38.0 Å². The molecule has 2 aliphatic carbocycles. The van der Waals surface area contributed by atoms with Crippen LogP contribution in [0, 0.1) is 11.3 Å². The molecule has 8 heteroatoms. The zero-order valence-corrected chi connectivity index (χ0v) is 20.9. The first-order valence-electron chi connectivity index (χ1n) is 13.0. The van der Waals surface area contributed by atoms with Crippen molar-refractivity contribution < 1.29 is 23.8 Å². The highest BCUT2D eigenvalue weighted by Gasteiger charge is 2.43. The highest BCUT2D eigenvalue weighted by Crippen LogP contribution is 2.49. The molecule has 3 aliphatic rings. The molecule has 1 aromatic carbocycles. The van der Waals surface area contributed by atoms with Crippen LogP contribution in [0.3, 0.4) is 0 Å². The van der Waals surface area contributed by atoms with Crippen molar-refractivity contribution in [1.82, 2.24) is 5.32 Å². The first-order valence-corrected chi connectivity index (χ1v) is 13.0. The number of carbonyl (C=O) groups excluding carboxylic acids is 2. The fraction of sp³-hybridized carbons (Fsp3) is 0.536. The molecule has 0 aromatic heterocycles. The lowest BCUT2D eigenvalue weighted by atomic mass is 9.75. The van der Waals surface area contributed by atoms with Crippen LogP contribution in [0.5, 0.6) is 0 Å². The second-order valence-corrected chi connectivity index (χ2v) is 10.2. The Morgan fingerprint density at radius 2 is 1.83 bits per heavy atom. The average Bonchev–Trinajstić information content (AvgIpc) is 3.08. The highest BCUT2D eigenvalue weighted by molar-refractivity contribution is 6.20. The number of fused-ring (bicyclic) bond motifs is 2. The molecular weight excluding hydrogens is 461 g/mol. The standard InChI is InChI=1S/C28H36FN3O4/c1-18(30)22(17-33)26(34)32-25(19-7-5-3-2-4-6-8-19)27(35)31-21-9-10-23-20(15-21)16-24(29)28(23)11-13-36-14-12-28/h9-10,15-17,19,25,30,33H,2-8,11-14H2,1H3,(H,31,35)(H,32,34)/b22-17+,30-18?. The molecule has 7 nitrogen and oxygen atoms in total. The van der Waals surface area contributed by atoms with Crippen LogP contribution in [0.4, 0.5) is 10.1 Å². The van der Waals surface area contributed by atoms with Crippen molar-refractivity contribution in [2.45, 2.75) is 76.2 Å². The lowest BCUT2D eigenvalue weighted by Crippen LogP contribution is -2.49. The second kappa shape index (κ2) is 11.4. The fourth-order valence-electron chi connectivity index (χ4n) is 5.81. The minimum absolute atomic E-state index is 0.0579. The topological polar surface area (TPSA) is 112 Å². The number of rotatable bonds is 6. The second-order valence-electron chi connectivity index (χ2n) is 10.2. The van der Waals surface area contributed by atoms with Gasteiger partial charge in [0.15, 0.2) is 0 Å². The number of ether oxygens (including phenoxy) is 1. The van der Waals surface area contributed by atoms with Gasteiger partial charge in [-0.2, -0.15) is 0 Å². The van der Waals surface area contributed by atoms with Crippen LogP contribution >= 0.6 is 0 Å². The highest BCUT2D eigenvalue weighted by atomic mass is 19.1. The summed E-state index contributed by atoms with van der Waals surface area (Å²) in [7, 11) is 0. The molecule has 1 atom stereocenters. The van der Waals surface area contributed by atoms with E-state index in [0.717, 1.165) is 49.7 Å². The molecule has 0 bridgehead atoms. The van der Waals surface area contributed by atoms with Crippen molar-refractivity contribution in [1.29, 1.82) is 5.41 Å². The number of hydrogen-bond acceptors (Lipinski definition) is 5. The molecule has 36 heavy (non-hydrogen) atoms. The van der Waals surface area contributed by atoms with Gasteiger partial charge in [-0.1, -0.05) is 38.2 Å². The summed E-state index contributed by atoms with van der Waals surface area (Å²) in [6.45, 7) is 2.44. The summed E-state index contributed by atoms with van der Waals surface area (Å²) >= 11 is 0. The van der Waals surface area contributed by atoms with Crippen molar-refractivity contribution >= 4 is 29.3 Å². The zero-order chi connectivity index (χ0) is 25.7. The SMILES string of the molecule is CC(=N)/C(=C\O)C(=O)NC(C(=O)Nc1ccc2c(c1)C=C(F)C21CCOCC1)C1CCCCCCC1. The first kappa shape index (κ1) is 26.1. The van der Waals surface area contributed by atoms with E-state index in [9.17, 15) is 14.7 Å². The molecule has 194 valence electrons. The molecule has 1 spiro atoms. The Balaban J connectivity index is 1.55. The summed E-state index contributed by atoms with van der Waals surface area (Å²) in [6.07, 6.45) is 10.3. The summed E-state index contributed by atoms with van der Waals surface area (Å²) in [5.74, 6) is -1.21. The van der Waals surface area contributed by atoms with Gasteiger partial charge < -0.3 is 25.9 Å². The predicted octanol–water partition coefficient (Wildman–Crippen LogP) is 5.32. The van der Waals surface area contributed by atoms with E-state index in [1.54, 1.807) is 18.2 Å². The maximum atomic E-state index is 15.0. The number of aliphatic hydroxyl groups excluding tert-OH is 1. The van der Waals surface area contributed by atoms with Crippen molar-refractivity contribution in [3.05, 3.63) is 47.0 Å². The number of benzene rings is 1. The van der Waals surface area contributed by atoms with Crippen LogP contribution < -0.4 is 10.6 Å². The quantitative estimate of drug-likeness (QED) is 0.242. The molecule has 2 fully saturated rings. The van der Waals surface area contributed by atoms with Crippen molar-refractivity contribution in [3.8, 4) is 0 Å². The summed E-state index contributed by atoms with van der Waals surface area (Å²) in [5, 5.41) is 22.9. The molecule has 1 saturated carbocycles. The normalized spacial score (nSPS) is 21.1. The van der Waals surface area contributed by atoms with E-state index >= 15 is 4.39 Å². The van der Waals surface area contributed by atoms with Gasteiger partial charge in [0.1, 0.15) is 11.9 Å². The van der Waals surface area contributed by atoms with E-state index in [1.807, 2.05) is 6.07 Å². The van der Waals surface area contributed by atoms with E-state index in [-0.39, 0.29) is 28.9 Å². The third kappa shape index (κ3) is 5.38. The average molecular weight is 498 g/mol. The number of carbonyl (C=O) groups is 2. The third-order valence-electron chi connectivity index (χ3n) is 7.89. The van der Waals surface area contributed by atoms with Gasteiger partial charge in [0.2, 0.25) is 5.91 Å². The number of amides is 2. The lowest BCUT2D eigenvalue weighted by molar-refractivity contribution is -0.125. The van der Waals surface area contributed by atoms with Gasteiger partial charge in [0.25, 0.3) is 5.91 Å². The molecule has 1 aromatic rings. The Labute approximate surface area is 211 Å². The number of allylic oxidation sites excluding steroid dienone is 1. The van der Waals surface area contributed by atoms with Gasteiger partial charge in [-0.3, -0.25) is 9.59 Å².